The number of nitrogens with one attached hydrogen (secondary N) is 2. The van der Waals surface area contributed by atoms with Gasteiger partial charge in [0.1, 0.15) is 0 Å². The molecule has 33 heavy (non-hydrogen) atoms. The molecule has 0 bridgehead atoms. The lowest BCUT2D eigenvalue weighted by atomic mass is 10.1. The van der Waals surface area contributed by atoms with Crippen molar-refractivity contribution in [3.63, 3.8) is 0 Å². The number of urea groups is 1. The van der Waals surface area contributed by atoms with Gasteiger partial charge in [0.15, 0.2) is 0 Å². The zero-order chi connectivity index (χ0) is 23.0. The number of aromatic nitrogens is 2. The van der Waals surface area contributed by atoms with Crippen LogP contribution >= 0.6 is 0 Å². The predicted molar refractivity (Wildman–Crippen MR) is 127 cm³/mol. The van der Waals surface area contributed by atoms with Gasteiger partial charge in [0.05, 0.1) is 24.6 Å². The smallest absolute Gasteiger partial charge is 0.319 e. The lowest BCUT2D eigenvalue weighted by Gasteiger charge is -2.26. The Hall–Kier alpha value is -3.65. The molecule has 2 aromatic carbocycles. The van der Waals surface area contributed by atoms with Gasteiger partial charge in [-0.15, -0.1) is 0 Å². The number of nitrogens with zero attached hydrogens (tertiary/aromatic N) is 3. The summed E-state index contributed by atoms with van der Waals surface area (Å²) in [5.74, 6) is -0.0137. The zero-order valence-electron chi connectivity index (χ0n) is 18.8. The van der Waals surface area contributed by atoms with E-state index in [4.69, 9.17) is 4.74 Å². The molecule has 0 unspecified atom stereocenters. The Kier molecular flexibility index (Phi) is 7.36. The minimum Gasteiger partial charge on any atom is -0.378 e. The average Bonchev–Trinajstić information content (AvgIpc) is 3.23. The molecule has 0 radical (unpaired) electrons. The number of benzene rings is 2. The number of carbonyl (C=O) groups excluding carboxylic acids is 2. The van der Waals surface area contributed by atoms with Gasteiger partial charge >= 0.3 is 6.03 Å². The van der Waals surface area contributed by atoms with Gasteiger partial charge in [0, 0.05) is 37.1 Å². The lowest BCUT2D eigenvalue weighted by molar-refractivity contribution is 0.0303. The third-order valence-electron chi connectivity index (χ3n) is 5.62. The van der Waals surface area contributed by atoms with Crippen LogP contribution < -0.4 is 10.6 Å². The van der Waals surface area contributed by atoms with Crippen LogP contribution in [-0.4, -0.2) is 59.5 Å². The molecule has 1 fully saturated rings. The maximum absolute atomic E-state index is 12.5. The molecule has 8 nitrogen and oxygen atoms in total. The van der Waals surface area contributed by atoms with Crippen molar-refractivity contribution in [3.8, 4) is 5.69 Å². The van der Waals surface area contributed by atoms with E-state index < -0.39 is 0 Å². The third-order valence-corrected chi connectivity index (χ3v) is 5.62. The molecule has 0 saturated carbocycles. The molecule has 1 aromatic heterocycles. The van der Waals surface area contributed by atoms with E-state index in [1.165, 1.54) is 5.56 Å². The summed E-state index contributed by atoms with van der Waals surface area (Å²) in [4.78, 5) is 26.5. The van der Waals surface area contributed by atoms with E-state index in [1.54, 1.807) is 29.2 Å². The number of morpholine rings is 1. The van der Waals surface area contributed by atoms with Crippen molar-refractivity contribution in [2.75, 3.05) is 38.2 Å². The highest BCUT2D eigenvalue weighted by Crippen LogP contribution is 2.14. The quantitative estimate of drug-likeness (QED) is 0.544. The van der Waals surface area contributed by atoms with Crippen LogP contribution in [0.2, 0.25) is 0 Å². The van der Waals surface area contributed by atoms with Crippen molar-refractivity contribution in [2.45, 2.75) is 19.8 Å². The Labute approximate surface area is 193 Å². The highest BCUT2D eigenvalue weighted by atomic mass is 16.5. The molecule has 1 aliphatic rings. The number of ether oxygens (including phenoxy) is 1. The lowest BCUT2D eigenvalue weighted by Crippen LogP contribution is -2.40. The SMILES string of the molecule is Cc1nn(-c2ccccc2)cc1CCCNC(=O)Nc1ccc(C(=O)N2CCOCC2)cc1. The molecule has 0 spiro atoms. The molecule has 172 valence electrons. The van der Waals surface area contributed by atoms with Gasteiger partial charge in [-0.05, 0) is 61.7 Å². The van der Waals surface area contributed by atoms with Crippen LogP contribution in [0.5, 0.6) is 0 Å². The van der Waals surface area contributed by atoms with E-state index in [2.05, 4.69) is 15.7 Å². The van der Waals surface area contributed by atoms with Crippen molar-refractivity contribution >= 4 is 17.6 Å². The second-order valence-electron chi connectivity index (χ2n) is 7.99. The Morgan fingerprint density at radius 2 is 1.76 bits per heavy atom. The summed E-state index contributed by atoms with van der Waals surface area (Å²) < 4.78 is 7.17. The molecule has 3 amide bonds. The summed E-state index contributed by atoms with van der Waals surface area (Å²) in [6, 6.07) is 16.7. The Bertz CT molecular complexity index is 1070. The van der Waals surface area contributed by atoms with E-state index in [0.717, 1.165) is 24.2 Å². The summed E-state index contributed by atoms with van der Waals surface area (Å²) in [5, 5.41) is 10.3. The van der Waals surface area contributed by atoms with E-state index in [0.29, 0.717) is 44.1 Å². The normalized spacial score (nSPS) is 13.5. The molecule has 0 aliphatic carbocycles. The monoisotopic (exact) mass is 447 g/mol. The minimum atomic E-state index is -0.265. The van der Waals surface area contributed by atoms with Gasteiger partial charge in [-0.3, -0.25) is 4.79 Å². The maximum atomic E-state index is 12.5. The molecule has 2 N–H and O–H groups in total. The molecular formula is C25H29N5O3. The fraction of sp³-hybridized carbons (Fsp3) is 0.320. The number of hydrogen-bond acceptors (Lipinski definition) is 4. The van der Waals surface area contributed by atoms with Crippen molar-refractivity contribution in [2.24, 2.45) is 0 Å². The van der Waals surface area contributed by atoms with Crippen molar-refractivity contribution in [1.82, 2.24) is 20.0 Å². The number of rotatable bonds is 7. The van der Waals surface area contributed by atoms with E-state index >= 15 is 0 Å². The standard InChI is InChI=1S/C25H29N5O3/c1-19-21(18-30(28-19)23-7-3-2-4-8-23)6-5-13-26-25(32)27-22-11-9-20(10-12-22)24(31)29-14-16-33-17-15-29/h2-4,7-12,18H,5-6,13-17H2,1H3,(H2,26,27,32). The molecule has 2 heterocycles. The first-order chi connectivity index (χ1) is 16.1. The molecule has 3 aromatic rings. The number of carbonyl (C=O) groups is 2. The van der Waals surface area contributed by atoms with Gasteiger partial charge in [-0.2, -0.15) is 5.10 Å². The maximum Gasteiger partial charge on any atom is 0.319 e. The first kappa shape index (κ1) is 22.5. The fourth-order valence-corrected chi connectivity index (χ4v) is 3.76. The fourth-order valence-electron chi connectivity index (χ4n) is 3.76. The van der Waals surface area contributed by atoms with Crippen LogP contribution in [-0.2, 0) is 11.2 Å². The Morgan fingerprint density at radius 1 is 1.03 bits per heavy atom. The summed E-state index contributed by atoms with van der Waals surface area (Å²) in [6.07, 6.45) is 3.68. The van der Waals surface area contributed by atoms with E-state index in [1.807, 2.05) is 48.1 Å². The average molecular weight is 448 g/mol. The first-order valence-electron chi connectivity index (χ1n) is 11.2. The summed E-state index contributed by atoms with van der Waals surface area (Å²) in [5.41, 5.74) is 4.44. The predicted octanol–water partition coefficient (Wildman–Crippen LogP) is 3.41. The van der Waals surface area contributed by atoms with Crippen LogP contribution in [0.3, 0.4) is 0 Å². The number of aryl methyl sites for hydroxylation is 2. The molecule has 4 rings (SSSR count). The van der Waals surface area contributed by atoms with Crippen LogP contribution in [0.1, 0.15) is 28.0 Å². The summed E-state index contributed by atoms with van der Waals surface area (Å²) in [6.45, 7) is 4.90. The molecular weight excluding hydrogens is 418 g/mol. The van der Waals surface area contributed by atoms with Gasteiger partial charge < -0.3 is 20.3 Å². The van der Waals surface area contributed by atoms with Gasteiger partial charge in [-0.25, -0.2) is 9.48 Å². The van der Waals surface area contributed by atoms with Crippen LogP contribution in [0.25, 0.3) is 5.69 Å². The van der Waals surface area contributed by atoms with Crippen LogP contribution in [0.4, 0.5) is 10.5 Å². The minimum absolute atomic E-state index is 0.0137. The largest absolute Gasteiger partial charge is 0.378 e. The van der Waals surface area contributed by atoms with Crippen molar-refractivity contribution < 1.29 is 14.3 Å². The van der Waals surface area contributed by atoms with Crippen molar-refractivity contribution in [3.05, 3.63) is 77.6 Å². The second-order valence-corrected chi connectivity index (χ2v) is 7.99. The molecule has 8 heteroatoms. The number of amides is 3. The molecule has 0 atom stereocenters. The second kappa shape index (κ2) is 10.8. The van der Waals surface area contributed by atoms with E-state index in [-0.39, 0.29) is 11.9 Å². The third kappa shape index (κ3) is 5.98. The van der Waals surface area contributed by atoms with Gasteiger partial charge in [-0.1, -0.05) is 18.2 Å². The summed E-state index contributed by atoms with van der Waals surface area (Å²) >= 11 is 0. The Morgan fingerprint density at radius 3 is 2.48 bits per heavy atom. The Balaban J connectivity index is 1.21. The molecule has 1 saturated heterocycles. The van der Waals surface area contributed by atoms with Crippen LogP contribution in [0.15, 0.2) is 60.8 Å². The van der Waals surface area contributed by atoms with Crippen LogP contribution in [0, 0.1) is 6.92 Å². The number of hydrogen-bond donors (Lipinski definition) is 2. The number of para-hydroxylation sites is 1. The van der Waals surface area contributed by atoms with Gasteiger partial charge in [0.25, 0.3) is 5.91 Å². The summed E-state index contributed by atoms with van der Waals surface area (Å²) in [7, 11) is 0. The highest BCUT2D eigenvalue weighted by Gasteiger charge is 2.18. The highest BCUT2D eigenvalue weighted by molar-refractivity contribution is 5.95. The van der Waals surface area contributed by atoms with Gasteiger partial charge in [0.2, 0.25) is 0 Å². The number of anilines is 1. The first-order valence-corrected chi connectivity index (χ1v) is 11.2. The molecule has 1 aliphatic heterocycles. The zero-order valence-corrected chi connectivity index (χ0v) is 18.8. The topological polar surface area (TPSA) is 88.5 Å². The van der Waals surface area contributed by atoms with Crippen molar-refractivity contribution in [1.29, 1.82) is 0 Å². The van der Waals surface area contributed by atoms with E-state index in [9.17, 15) is 9.59 Å².